The highest BCUT2D eigenvalue weighted by Crippen LogP contribution is 2.15. The molecule has 0 fully saturated rings. The van der Waals surface area contributed by atoms with Gasteiger partial charge in [0.25, 0.3) is 5.91 Å². The first-order chi connectivity index (χ1) is 14.6. The number of nitrogens with zero attached hydrogens (tertiary/aromatic N) is 3. The number of hydrogen-bond acceptors (Lipinski definition) is 4. The fraction of sp³-hybridized carbons (Fsp3) is 0.261. The van der Waals surface area contributed by atoms with Crippen LogP contribution in [-0.2, 0) is 4.79 Å². The van der Waals surface area contributed by atoms with Gasteiger partial charge in [0.1, 0.15) is 0 Å². The number of aromatic nitrogens is 2. The minimum absolute atomic E-state index is 0.0993. The third kappa shape index (κ3) is 5.70. The Balaban J connectivity index is 1.47. The number of benzene rings is 2. The summed E-state index contributed by atoms with van der Waals surface area (Å²) in [6.45, 7) is 3.04. The van der Waals surface area contributed by atoms with Crippen molar-refractivity contribution in [2.24, 2.45) is 0 Å². The van der Waals surface area contributed by atoms with Crippen molar-refractivity contribution in [3.63, 3.8) is 0 Å². The second-order valence-corrected chi connectivity index (χ2v) is 7.05. The van der Waals surface area contributed by atoms with Crippen LogP contribution in [0.2, 0.25) is 0 Å². The van der Waals surface area contributed by atoms with E-state index in [0.29, 0.717) is 11.3 Å². The zero-order valence-corrected chi connectivity index (χ0v) is 17.3. The van der Waals surface area contributed by atoms with E-state index in [1.54, 1.807) is 35.1 Å². The molecule has 0 saturated heterocycles. The second-order valence-electron chi connectivity index (χ2n) is 7.05. The van der Waals surface area contributed by atoms with Crippen LogP contribution in [0.1, 0.15) is 30.1 Å². The van der Waals surface area contributed by atoms with Crippen molar-refractivity contribution in [3.8, 4) is 5.69 Å². The van der Waals surface area contributed by atoms with Gasteiger partial charge in [0.2, 0.25) is 5.91 Å². The molecule has 0 aliphatic carbocycles. The van der Waals surface area contributed by atoms with E-state index in [1.807, 2.05) is 43.6 Å². The zero-order valence-electron chi connectivity index (χ0n) is 17.3. The van der Waals surface area contributed by atoms with E-state index in [-0.39, 0.29) is 18.4 Å². The topological polar surface area (TPSA) is 79.3 Å². The summed E-state index contributed by atoms with van der Waals surface area (Å²) < 4.78 is 1.73. The number of carbonyl (C=O) groups excluding carboxylic acids is 2. The van der Waals surface area contributed by atoms with Crippen LogP contribution in [0.4, 0.5) is 11.4 Å². The Labute approximate surface area is 176 Å². The fourth-order valence-electron chi connectivity index (χ4n) is 2.98. The first kappa shape index (κ1) is 21.1. The summed E-state index contributed by atoms with van der Waals surface area (Å²) in [5.41, 5.74) is 3.15. The van der Waals surface area contributed by atoms with Crippen LogP contribution in [0, 0.1) is 0 Å². The SMILES string of the molecule is CCCCN(C)c1ccc(C(=O)NCC(=O)Nc2ccc(-n3cccn3)cc2)cc1. The summed E-state index contributed by atoms with van der Waals surface area (Å²) in [5, 5.41) is 9.59. The number of rotatable bonds is 9. The van der Waals surface area contributed by atoms with Crippen LogP contribution < -0.4 is 15.5 Å². The minimum Gasteiger partial charge on any atom is -0.375 e. The van der Waals surface area contributed by atoms with Gasteiger partial charge in [-0.3, -0.25) is 9.59 Å². The number of unbranched alkanes of at least 4 members (excludes halogenated alkanes) is 1. The Kier molecular flexibility index (Phi) is 7.21. The lowest BCUT2D eigenvalue weighted by molar-refractivity contribution is -0.115. The monoisotopic (exact) mass is 405 g/mol. The van der Waals surface area contributed by atoms with Crippen LogP contribution in [0.3, 0.4) is 0 Å². The Morgan fingerprint density at radius 3 is 2.43 bits per heavy atom. The van der Waals surface area contributed by atoms with Crippen LogP contribution >= 0.6 is 0 Å². The largest absolute Gasteiger partial charge is 0.375 e. The number of anilines is 2. The smallest absolute Gasteiger partial charge is 0.251 e. The van der Waals surface area contributed by atoms with Gasteiger partial charge in [0.15, 0.2) is 0 Å². The first-order valence-electron chi connectivity index (χ1n) is 10.1. The molecule has 0 aliphatic rings. The molecule has 2 N–H and O–H groups in total. The van der Waals surface area contributed by atoms with Crippen molar-refractivity contribution in [2.45, 2.75) is 19.8 Å². The normalized spacial score (nSPS) is 10.5. The molecule has 0 atom stereocenters. The summed E-state index contributed by atoms with van der Waals surface area (Å²) in [6, 6.07) is 16.6. The standard InChI is InChI=1S/C23H27N5O2/c1-3-4-15-27(2)20-10-6-18(7-11-20)23(30)24-17-22(29)26-19-8-12-21(13-9-19)28-16-5-14-25-28/h5-14,16H,3-4,15,17H2,1-2H3,(H,24,30)(H,26,29). The van der Waals surface area contributed by atoms with Gasteiger partial charge in [0, 0.05) is 42.9 Å². The van der Waals surface area contributed by atoms with Gasteiger partial charge < -0.3 is 15.5 Å². The van der Waals surface area contributed by atoms with Gasteiger partial charge >= 0.3 is 0 Å². The molecular weight excluding hydrogens is 378 g/mol. The van der Waals surface area contributed by atoms with Crippen molar-refractivity contribution in [3.05, 3.63) is 72.6 Å². The average molecular weight is 406 g/mol. The van der Waals surface area contributed by atoms with Crippen LogP contribution in [0.5, 0.6) is 0 Å². The van der Waals surface area contributed by atoms with E-state index in [0.717, 1.165) is 30.8 Å². The highest BCUT2D eigenvalue weighted by atomic mass is 16.2. The molecule has 2 amide bonds. The molecule has 0 bridgehead atoms. The highest BCUT2D eigenvalue weighted by molar-refractivity contribution is 5.99. The molecule has 0 saturated carbocycles. The van der Waals surface area contributed by atoms with Gasteiger partial charge in [-0.05, 0) is 61.0 Å². The maximum absolute atomic E-state index is 12.3. The Hall–Kier alpha value is -3.61. The quantitative estimate of drug-likeness (QED) is 0.571. The molecule has 0 spiro atoms. The van der Waals surface area contributed by atoms with Crippen LogP contribution in [0.25, 0.3) is 5.69 Å². The molecule has 3 aromatic rings. The van der Waals surface area contributed by atoms with Crippen molar-refractivity contribution < 1.29 is 9.59 Å². The van der Waals surface area contributed by atoms with Gasteiger partial charge in [-0.25, -0.2) is 4.68 Å². The van der Waals surface area contributed by atoms with Gasteiger partial charge in [0.05, 0.1) is 12.2 Å². The number of amides is 2. The van der Waals surface area contributed by atoms with Crippen molar-refractivity contribution in [1.82, 2.24) is 15.1 Å². The van der Waals surface area contributed by atoms with Crippen molar-refractivity contribution >= 4 is 23.2 Å². The first-order valence-corrected chi connectivity index (χ1v) is 10.1. The lowest BCUT2D eigenvalue weighted by atomic mass is 10.2. The zero-order chi connectivity index (χ0) is 21.3. The van der Waals surface area contributed by atoms with E-state index in [4.69, 9.17) is 0 Å². The lowest BCUT2D eigenvalue weighted by Crippen LogP contribution is -2.32. The van der Waals surface area contributed by atoms with E-state index < -0.39 is 0 Å². The molecule has 7 nitrogen and oxygen atoms in total. The van der Waals surface area contributed by atoms with E-state index >= 15 is 0 Å². The molecule has 0 radical (unpaired) electrons. The predicted molar refractivity (Wildman–Crippen MR) is 119 cm³/mol. The summed E-state index contributed by atoms with van der Waals surface area (Å²) >= 11 is 0. The van der Waals surface area contributed by atoms with E-state index in [9.17, 15) is 9.59 Å². The van der Waals surface area contributed by atoms with Crippen molar-refractivity contribution in [1.29, 1.82) is 0 Å². The minimum atomic E-state index is -0.286. The average Bonchev–Trinajstić information content (AvgIpc) is 3.31. The molecule has 2 aromatic carbocycles. The van der Waals surface area contributed by atoms with E-state index in [2.05, 4.69) is 27.6 Å². The molecule has 1 heterocycles. The highest BCUT2D eigenvalue weighted by Gasteiger charge is 2.09. The van der Waals surface area contributed by atoms with Gasteiger partial charge in [-0.1, -0.05) is 13.3 Å². The summed E-state index contributed by atoms with van der Waals surface area (Å²) in [4.78, 5) is 26.6. The maximum Gasteiger partial charge on any atom is 0.251 e. The third-order valence-corrected chi connectivity index (χ3v) is 4.75. The molecule has 0 unspecified atom stereocenters. The van der Waals surface area contributed by atoms with Crippen LogP contribution in [0.15, 0.2) is 67.0 Å². The number of nitrogens with one attached hydrogen (secondary N) is 2. The maximum atomic E-state index is 12.3. The van der Waals surface area contributed by atoms with Gasteiger partial charge in [-0.15, -0.1) is 0 Å². The predicted octanol–water partition coefficient (Wildman–Crippen LogP) is 3.48. The summed E-state index contributed by atoms with van der Waals surface area (Å²) in [6.07, 6.45) is 5.82. The molecule has 30 heavy (non-hydrogen) atoms. The fourth-order valence-corrected chi connectivity index (χ4v) is 2.98. The molecule has 7 heteroatoms. The molecule has 156 valence electrons. The number of carbonyl (C=O) groups is 2. The summed E-state index contributed by atoms with van der Waals surface area (Å²) in [5.74, 6) is -0.562. The lowest BCUT2D eigenvalue weighted by Gasteiger charge is -2.19. The Bertz CT molecular complexity index is 950. The molecular formula is C23H27N5O2. The summed E-state index contributed by atoms with van der Waals surface area (Å²) in [7, 11) is 2.04. The molecule has 1 aromatic heterocycles. The molecule has 0 aliphatic heterocycles. The Morgan fingerprint density at radius 2 is 1.80 bits per heavy atom. The van der Waals surface area contributed by atoms with Crippen LogP contribution in [-0.4, -0.2) is 41.7 Å². The van der Waals surface area contributed by atoms with E-state index in [1.165, 1.54) is 0 Å². The Morgan fingerprint density at radius 1 is 1.07 bits per heavy atom. The van der Waals surface area contributed by atoms with Crippen molar-refractivity contribution in [2.75, 3.05) is 30.4 Å². The molecule has 3 rings (SSSR count). The number of hydrogen-bond donors (Lipinski definition) is 2. The third-order valence-electron chi connectivity index (χ3n) is 4.75. The second kappa shape index (κ2) is 10.2. The van der Waals surface area contributed by atoms with Gasteiger partial charge in [-0.2, -0.15) is 5.10 Å².